The third-order valence-electron chi connectivity index (χ3n) is 6.88. The second kappa shape index (κ2) is 8.57. The second-order valence-electron chi connectivity index (χ2n) is 9.34. The number of carbonyl (C=O) groups excluding carboxylic acids is 1. The van der Waals surface area contributed by atoms with Gasteiger partial charge in [0.15, 0.2) is 5.69 Å². The zero-order valence-electron chi connectivity index (χ0n) is 21.1. The smallest absolute Gasteiger partial charge is 0.319 e. The molecule has 0 bridgehead atoms. The predicted octanol–water partition coefficient (Wildman–Crippen LogP) is 4.67. The number of hydrogen-bond donors (Lipinski definition) is 0. The van der Waals surface area contributed by atoms with Crippen LogP contribution in [0.4, 0.5) is 5.69 Å². The van der Waals surface area contributed by atoms with Crippen molar-refractivity contribution in [3.05, 3.63) is 67.9 Å². The monoisotopic (exact) mass is 552 g/mol. The first-order valence-corrected chi connectivity index (χ1v) is 12.5. The van der Waals surface area contributed by atoms with Crippen molar-refractivity contribution in [2.24, 2.45) is 7.05 Å². The maximum absolute atomic E-state index is 14.1. The summed E-state index contributed by atoms with van der Waals surface area (Å²) in [6.45, 7) is 3.98. The van der Waals surface area contributed by atoms with Crippen molar-refractivity contribution >= 4 is 34.8 Å². The number of anilines is 1. The minimum absolute atomic E-state index is 0.125. The molecule has 6 rings (SSSR count). The minimum atomic E-state index is -0.628. The van der Waals surface area contributed by atoms with Gasteiger partial charge in [0.1, 0.15) is 17.6 Å². The lowest BCUT2D eigenvalue weighted by molar-refractivity contribution is 0.0989. The Hall–Kier alpha value is -3.89. The Morgan fingerprint density at radius 3 is 2.50 bits per heavy atom. The number of imidazole rings is 1. The number of hydrogen-bond acceptors (Lipinski definition) is 7. The van der Waals surface area contributed by atoms with Gasteiger partial charge in [-0.05, 0) is 37.1 Å². The summed E-state index contributed by atoms with van der Waals surface area (Å²) in [6.07, 6.45) is 3.10. The molecule has 1 amide bonds. The van der Waals surface area contributed by atoms with Gasteiger partial charge in [0.2, 0.25) is 5.88 Å². The van der Waals surface area contributed by atoms with Crippen molar-refractivity contribution in [1.29, 1.82) is 0 Å². The highest BCUT2D eigenvalue weighted by atomic mass is 35.5. The van der Waals surface area contributed by atoms with Gasteiger partial charge in [0.25, 0.3) is 11.5 Å². The summed E-state index contributed by atoms with van der Waals surface area (Å²) in [5.74, 6) is 0.326. The molecule has 1 atom stereocenters. The number of fused-ring (bicyclic) bond motifs is 8. The average molecular weight is 553 g/mol. The Balaban J connectivity index is 1.68. The molecule has 3 aromatic heterocycles. The molecule has 194 valence electrons. The summed E-state index contributed by atoms with van der Waals surface area (Å²) in [6, 6.07) is 4.79. The van der Waals surface area contributed by atoms with Gasteiger partial charge in [-0.2, -0.15) is 4.98 Å². The number of methoxy groups -OCH3 is 2. The van der Waals surface area contributed by atoms with Crippen LogP contribution in [-0.2, 0) is 7.05 Å². The molecule has 4 aromatic rings. The largest absolute Gasteiger partial charge is 0.480 e. The number of aryl methyl sites for hydroxylation is 1. The van der Waals surface area contributed by atoms with Gasteiger partial charge < -0.3 is 18.6 Å². The molecule has 0 N–H and O–H groups in total. The van der Waals surface area contributed by atoms with Crippen LogP contribution in [0.3, 0.4) is 0 Å². The number of amides is 1. The molecule has 10 nitrogen and oxygen atoms in total. The van der Waals surface area contributed by atoms with Gasteiger partial charge in [-0.1, -0.05) is 29.3 Å². The number of rotatable bonds is 4. The van der Waals surface area contributed by atoms with E-state index in [4.69, 9.17) is 37.7 Å². The fourth-order valence-corrected chi connectivity index (χ4v) is 5.86. The van der Waals surface area contributed by atoms with E-state index >= 15 is 0 Å². The SMILES string of the molecule is COc1ncc(-c2nc3c(n2C(C)C)C2c4ccc(Cl)cc4-c4c(Cl)cn(C)c(=O)c4N2C3=O)c(OC)n1. The maximum Gasteiger partial charge on any atom is 0.319 e. The highest BCUT2D eigenvalue weighted by Gasteiger charge is 2.50. The van der Waals surface area contributed by atoms with Crippen molar-refractivity contribution in [1.82, 2.24) is 24.1 Å². The number of halogens is 2. The summed E-state index contributed by atoms with van der Waals surface area (Å²) in [5.41, 5.74) is 3.19. The lowest BCUT2D eigenvalue weighted by atomic mass is 9.88. The zero-order valence-corrected chi connectivity index (χ0v) is 22.6. The van der Waals surface area contributed by atoms with Gasteiger partial charge in [-0.3, -0.25) is 14.5 Å². The summed E-state index contributed by atoms with van der Waals surface area (Å²) < 4.78 is 14.0. The van der Waals surface area contributed by atoms with Crippen LogP contribution in [0.25, 0.3) is 22.5 Å². The highest BCUT2D eigenvalue weighted by molar-refractivity contribution is 6.35. The van der Waals surface area contributed by atoms with E-state index in [2.05, 4.69) is 9.97 Å². The number of ether oxygens (including phenoxy) is 2. The van der Waals surface area contributed by atoms with Crippen LogP contribution < -0.4 is 19.9 Å². The predicted molar refractivity (Wildman–Crippen MR) is 143 cm³/mol. The summed E-state index contributed by atoms with van der Waals surface area (Å²) >= 11 is 13.1. The van der Waals surface area contributed by atoms with Crippen LogP contribution in [-0.4, -0.2) is 44.2 Å². The molecule has 12 heteroatoms. The first-order chi connectivity index (χ1) is 18.2. The number of aromatic nitrogens is 5. The lowest BCUT2D eigenvalue weighted by Gasteiger charge is -2.35. The lowest BCUT2D eigenvalue weighted by Crippen LogP contribution is -2.39. The number of carbonyl (C=O) groups is 1. The maximum atomic E-state index is 14.1. The van der Waals surface area contributed by atoms with Crippen LogP contribution in [0.15, 0.2) is 35.4 Å². The zero-order chi connectivity index (χ0) is 27.0. The quantitative estimate of drug-likeness (QED) is 0.362. The number of nitrogens with zero attached hydrogens (tertiary/aromatic N) is 6. The Morgan fingerprint density at radius 1 is 1.05 bits per heavy atom. The molecule has 2 aliphatic rings. The van der Waals surface area contributed by atoms with Crippen molar-refractivity contribution in [3.63, 3.8) is 0 Å². The van der Waals surface area contributed by atoms with E-state index in [1.807, 2.05) is 24.5 Å². The van der Waals surface area contributed by atoms with Crippen molar-refractivity contribution in [2.75, 3.05) is 19.1 Å². The molecular formula is C26H22Cl2N6O4. The van der Waals surface area contributed by atoms with Gasteiger partial charge in [-0.15, -0.1) is 0 Å². The minimum Gasteiger partial charge on any atom is -0.480 e. The summed E-state index contributed by atoms with van der Waals surface area (Å²) in [5, 5.41) is 0.830. The van der Waals surface area contributed by atoms with Crippen LogP contribution in [0.5, 0.6) is 11.9 Å². The fraction of sp³-hybridized carbons (Fsp3) is 0.269. The standard InChI is InChI=1S/C26H22Cl2N6O4/c1-11(2)33-21-18(30-22(33)15-9-29-26(38-5)31-23(15)37-4)24(35)34-19(21)13-7-6-12(27)8-14(13)17-16(28)10-32(3)25(36)20(17)34/h6-11,19H,1-5H3. The molecular weight excluding hydrogens is 531 g/mol. The molecule has 0 fully saturated rings. The molecule has 2 aliphatic heterocycles. The molecule has 1 aromatic carbocycles. The van der Waals surface area contributed by atoms with E-state index in [1.54, 1.807) is 31.6 Å². The van der Waals surface area contributed by atoms with Crippen LogP contribution in [0.1, 0.15) is 47.7 Å². The molecule has 0 saturated carbocycles. The Morgan fingerprint density at radius 2 is 1.82 bits per heavy atom. The summed E-state index contributed by atoms with van der Waals surface area (Å²) in [4.78, 5) is 42.4. The van der Waals surface area contributed by atoms with Crippen LogP contribution in [0.2, 0.25) is 10.0 Å². The third kappa shape index (κ3) is 3.23. The van der Waals surface area contributed by atoms with Gasteiger partial charge in [-0.25, -0.2) is 9.97 Å². The highest BCUT2D eigenvalue weighted by Crippen LogP contribution is 2.53. The van der Waals surface area contributed by atoms with E-state index in [0.29, 0.717) is 38.3 Å². The van der Waals surface area contributed by atoms with Gasteiger partial charge >= 0.3 is 6.01 Å². The Kier molecular flexibility index (Phi) is 5.51. The van der Waals surface area contributed by atoms with E-state index < -0.39 is 11.9 Å². The fourth-order valence-electron chi connectivity index (χ4n) is 5.35. The van der Waals surface area contributed by atoms with Gasteiger partial charge in [0.05, 0.1) is 30.5 Å². The van der Waals surface area contributed by atoms with Crippen LogP contribution >= 0.6 is 23.2 Å². The molecule has 0 aliphatic carbocycles. The Bertz CT molecular complexity index is 1730. The van der Waals surface area contributed by atoms with Crippen molar-refractivity contribution < 1.29 is 14.3 Å². The average Bonchev–Trinajstić information content (AvgIpc) is 3.41. The van der Waals surface area contributed by atoms with Crippen molar-refractivity contribution in [2.45, 2.75) is 25.9 Å². The van der Waals surface area contributed by atoms with Crippen LogP contribution in [0, 0.1) is 0 Å². The number of pyridine rings is 1. The molecule has 1 unspecified atom stereocenters. The molecule has 0 saturated heterocycles. The molecule has 0 spiro atoms. The van der Waals surface area contributed by atoms with E-state index in [9.17, 15) is 9.59 Å². The van der Waals surface area contributed by atoms with E-state index in [1.165, 1.54) is 23.7 Å². The summed E-state index contributed by atoms with van der Waals surface area (Å²) in [7, 11) is 4.56. The second-order valence-corrected chi connectivity index (χ2v) is 10.2. The third-order valence-corrected chi connectivity index (χ3v) is 7.40. The first kappa shape index (κ1) is 24.4. The molecule has 5 heterocycles. The topological polar surface area (TPSA) is 104 Å². The van der Waals surface area contributed by atoms with Gasteiger partial charge in [0, 0.05) is 36.1 Å². The molecule has 0 radical (unpaired) electrons. The first-order valence-electron chi connectivity index (χ1n) is 11.8. The van der Waals surface area contributed by atoms with E-state index in [-0.39, 0.29) is 34.9 Å². The van der Waals surface area contributed by atoms with Crippen molar-refractivity contribution in [3.8, 4) is 34.4 Å². The number of benzene rings is 1. The normalized spacial score (nSPS) is 15.3. The Labute approximate surface area is 227 Å². The molecule has 38 heavy (non-hydrogen) atoms. The van der Waals surface area contributed by atoms with E-state index in [0.717, 1.165) is 5.56 Å².